The summed E-state index contributed by atoms with van der Waals surface area (Å²) in [7, 11) is -21.3. The molecular formula is C25H22F12N4P2. The van der Waals surface area contributed by atoms with Gasteiger partial charge in [-0.1, -0.05) is 24.3 Å². The molecule has 0 bridgehead atoms. The fraction of sp³-hybridized carbons (Fsp3) is 0.0400. The molecule has 0 aliphatic rings. The van der Waals surface area contributed by atoms with E-state index in [1.165, 1.54) is 11.1 Å². The number of halogens is 12. The Morgan fingerprint density at radius 3 is 0.860 bits per heavy atom. The van der Waals surface area contributed by atoms with Gasteiger partial charge in [-0.3, -0.25) is 9.97 Å². The second kappa shape index (κ2) is 11.6. The number of pyridine rings is 4. The predicted octanol–water partition coefficient (Wildman–Crippen LogP) is 10.7. The SMILES string of the molecule is C(=C\c1cc[n+](C[n+]2ccc(/C=C/c3ccncc3)cc2)cc1)/c1ccncc1.F[P-](F)(F)(F)(F)F.F[P-](F)(F)(F)(F)F. The Balaban J connectivity index is 0.000000384. The zero-order chi connectivity index (χ0) is 32.5. The summed E-state index contributed by atoms with van der Waals surface area (Å²) in [4.78, 5) is 8.07. The van der Waals surface area contributed by atoms with Crippen LogP contribution in [0.4, 0.5) is 50.4 Å². The minimum atomic E-state index is -10.7. The van der Waals surface area contributed by atoms with Crippen LogP contribution in [0, 0.1) is 0 Å². The van der Waals surface area contributed by atoms with Crippen LogP contribution in [0.5, 0.6) is 0 Å². The number of nitrogens with zero attached hydrogens (tertiary/aromatic N) is 4. The van der Waals surface area contributed by atoms with E-state index in [9.17, 15) is 50.4 Å². The van der Waals surface area contributed by atoms with Crippen molar-refractivity contribution in [1.29, 1.82) is 0 Å². The molecule has 0 saturated carbocycles. The molecule has 0 atom stereocenters. The molecule has 0 aliphatic carbocycles. The van der Waals surface area contributed by atoms with Crippen LogP contribution >= 0.6 is 15.6 Å². The molecule has 0 radical (unpaired) electrons. The van der Waals surface area contributed by atoms with Gasteiger partial charge in [0.15, 0.2) is 24.8 Å². The summed E-state index contributed by atoms with van der Waals surface area (Å²) in [6, 6.07) is 16.4. The molecule has 43 heavy (non-hydrogen) atoms. The van der Waals surface area contributed by atoms with Crippen LogP contribution < -0.4 is 9.13 Å². The van der Waals surface area contributed by atoms with Crippen molar-refractivity contribution in [3.63, 3.8) is 0 Å². The van der Waals surface area contributed by atoms with E-state index in [0.29, 0.717) is 0 Å². The van der Waals surface area contributed by atoms with E-state index in [0.717, 1.165) is 17.8 Å². The summed E-state index contributed by atoms with van der Waals surface area (Å²) in [5.74, 6) is 0. The number of aromatic nitrogens is 4. The summed E-state index contributed by atoms with van der Waals surface area (Å²) in [5.41, 5.74) is 4.62. The summed E-state index contributed by atoms with van der Waals surface area (Å²) in [5, 5.41) is 0. The summed E-state index contributed by atoms with van der Waals surface area (Å²) < 4.78 is 123. The van der Waals surface area contributed by atoms with Crippen molar-refractivity contribution in [2.75, 3.05) is 0 Å². The van der Waals surface area contributed by atoms with Gasteiger partial charge in [0.05, 0.1) is 0 Å². The molecule has 236 valence electrons. The van der Waals surface area contributed by atoms with Gasteiger partial charge in [-0.15, -0.1) is 9.13 Å². The van der Waals surface area contributed by atoms with Crippen molar-refractivity contribution < 1.29 is 59.5 Å². The molecule has 4 aromatic heterocycles. The first-order valence-corrected chi connectivity index (χ1v) is 15.6. The first-order valence-electron chi connectivity index (χ1n) is 11.5. The summed E-state index contributed by atoms with van der Waals surface area (Å²) >= 11 is 0. The molecule has 4 aromatic rings. The zero-order valence-electron chi connectivity index (χ0n) is 21.5. The fourth-order valence-corrected chi connectivity index (χ4v) is 2.87. The average Bonchev–Trinajstić information content (AvgIpc) is 2.85. The van der Waals surface area contributed by atoms with Gasteiger partial charge in [0, 0.05) is 49.1 Å². The second-order valence-corrected chi connectivity index (χ2v) is 12.4. The van der Waals surface area contributed by atoms with Crippen molar-refractivity contribution in [1.82, 2.24) is 9.97 Å². The summed E-state index contributed by atoms with van der Waals surface area (Å²) in [6.45, 7) is 0.767. The van der Waals surface area contributed by atoms with Gasteiger partial charge in [-0.2, -0.15) is 0 Å². The van der Waals surface area contributed by atoms with Gasteiger partial charge in [-0.05, 0) is 46.5 Å². The van der Waals surface area contributed by atoms with E-state index in [1.807, 2.05) is 24.3 Å². The van der Waals surface area contributed by atoms with E-state index in [-0.39, 0.29) is 0 Å². The number of hydrogen-bond donors (Lipinski definition) is 0. The third-order valence-corrected chi connectivity index (χ3v) is 4.51. The van der Waals surface area contributed by atoms with Crippen LogP contribution in [0.15, 0.2) is 98.1 Å². The normalized spacial score (nSPS) is 15.2. The predicted molar refractivity (Wildman–Crippen MR) is 142 cm³/mol. The van der Waals surface area contributed by atoms with Gasteiger partial charge >= 0.3 is 72.6 Å². The van der Waals surface area contributed by atoms with Crippen LogP contribution in [0.3, 0.4) is 0 Å². The molecule has 0 N–H and O–H groups in total. The fourth-order valence-electron chi connectivity index (χ4n) is 2.87. The standard InChI is InChI=1S/C25H22N4.2F6P/c1(22-5-13-26-14-6-22)3-24-9-17-28(18-10-24)21-29-19-11-25(12-20-29)4-2-23-7-15-27-16-8-23;2*1-7(2,3,4,5)6/h1-20H,21H2;;/q+2;2*-1/b3-1+,4-2+;;. The zero-order valence-corrected chi connectivity index (χ0v) is 23.3. The molecule has 18 heteroatoms. The van der Waals surface area contributed by atoms with Crippen molar-refractivity contribution in [3.8, 4) is 0 Å². The number of hydrogen-bond acceptors (Lipinski definition) is 2. The quantitative estimate of drug-likeness (QED) is 0.116. The van der Waals surface area contributed by atoms with Crippen molar-refractivity contribution >= 4 is 39.9 Å². The van der Waals surface area contributed by atoms with Crippen LogP contribution in [0.25, 0.3) is 24.3 Å². The van der Waals surface area contributed by atoms with Gasteiger partial charge < -0.3 is 0 Å². The van der Waals surface area contributed by atoms with E-state index in [1.54, 1.807) is 24.8 Å². The van der Waals surface area contributed by atoms with Crippen LogP contribution in [0.2, 0.25) is 0 Å². The van der Waals surface area contributed by atoms with Crippen molar-refractivity contribution in [2.24, 2.45) is 0 Å². The molecule has 0 aromatic carbocycles. The molecule has 0 unspecified atom stereocenters. The van der Waals surface area contributed by atoms with Crippen LogP contribution in [-0.2, 0) is 6.67 Å². The monoisotopic (exact) mass is 668 g/mol. The van der Waals surface area contributed by atoms with E-state index < -0.39 is 15.6 Å². The first kappa shape index (κ1) is 35.3. The molecular weight excluding hydrogens is 646 g/mol. The van der Waals surface area contributed by atoms with Crippen molar-refractivity contribution in [3.05, 3.63) is 120 Å². The first-order chi connectivity index (χ1) is 19.2. The Bertz CT molecular complexity index is 1390. The third-order valence-electron chi connectivity index (χ3n) is 4.51. The Morgan fingerprint density at radius 1 is 0.419 bits per heavy atom. The van der Waals surface area contributed by atoms with Gasteiger partial charge in [0.25, 0.3) is 0 Å². The minimum absolute atomic E-state index is 0.767. The Kier molecular flexibility index (Phi) is 9.56. The van der Waals surface area contributed by atoms with Crippen LogP contribution in [0.1, 0.15) is 22.3 Å². The second-order valence-electron chi connectivity index (χ2n) is 8.58. The van der Waals surface area contributed by atoms with Gasteiger partial charge in [0.2, 0.25) is 0 Å². The molecule has 0 amide bonds. The molecule has 0 fully saturated rings. The van der Waals surface area contributed by atoms with Gasteiger partial charge in [0.1, 0.15) is 0 Å². The summed E-state index contributed by atoms with van der Waals surface area (Å²) in [6.07, 6.45) is 24.0. The molecule has 0 aliphatic heterocycles. The average molecular weight is 668 g/mol. The van der Waals surface area contributed by atoms with E-state index in [2.05, 4.69) is 92.5 Å². The molecule has 4 nitrogen and oxygen atoms in total. The number of rotatable bonds is 6. The van der Waals surface area contributed by atoms with Gasteiger partial charge in [-0.25, -0.2) is 0 Å². The molecule has 0 saturated heterocycles. The maximum absolute atomic E-state index is 10.7. The Hall–Kier alpha value is -3.90. The van der Waals surface area contributed by atoms with E-state index in [4.69, 9.17) is 0 Å². The maximum atomic E-state index is 9.87. The van der Waals surface area contributed by atoms with Crippen LogP contribution in [-0.4, -0.2) is 9.97 Å². The Morgan fingerprint density at radius 2 is 0.628 bits per heavy atom. The topological polar surface area (TPSA) is 33.5 Å². The third kappa shape index (κ3) is 23.4. The Labute approximate surface area is 236 Å². The van der Waals surface area contributed by atoms with Crippen molar-refractivity contribution in [2.45, 2.75) is 6.67 Å². The molecule has 4 heterocycles. The molecule has 4 rings (SSSR count). The molecule has 0 spiro atoms. The van der Waals surface area contributed by atoms with E-state index >= 15 is 0 Å².